The van der Waals surface area contributed by atoms with Gasteiger partial charge in [0.1, 0.15) is 0 Å². The largest absolute Gasteiger partial charge is 0.322 e. The van der Waals surface area contributed by atoms with E-state index in [0.29, 0.717) is 16.8 Å². The molecule has 0 heterocycles. The van der Waals surface area contributed by atoms with Crippen LogP contribution in [0.25, 0.3) is 10.8 Å². The Hall–Kier alpha value is -2.46. The summed E-state index contributed by atoms with van der Waals surface area (Å²) in [6, 6.07) is 26.3. The smallest absolute Gasteiger partial charge is 0.256 e. The fourth-order valence-electron chi connectivity index (χ4n) is 3.14. The number of hydrogen-bond donors (Lipinski definition) is 2. The van der Waals surface area contributed by atoms with Crippen LogP contribution >= 0.6 is 45.2 Å². The van der Waals surface area contributed by atoms with Gasteiger partial charge < -0.3 is 10.6 Å². The summed E-state index contributed by atoms with van der Waals surface area (Å²) >= 11 is 4.32. The molecule has 0 aromatic heterocycles. The predicted molar refractivity (Wildman–Crippen MR) is 138 cm³/mol. The van der Waals surface area contributed by atoms with E-state index in [1.54, 1.807) is 24.3 Å². The summed E-state index contributed by atoms with van der Waals surface area (Å²) in [5, 5.41) is 7.90. The number of hydrogen-bond acceptors (Lipinski definition) is 2. The van der Waals surface area contributed by atoms with E-state index < -0.39 is 0 Å². The first-order valence-corrected chi connectivity index (χ1v) is 11.3. The molecule has 4 nitrogen and oxygen atoms in total. The van der Waals surface area contributed by atoms with E-state index in [4.69, 9.17) is 0 Å². The summed E-state index contributed by atoms with van der Waals surface area (Å²) in [6.07, 6.45) is 0. The van der Waals surface area contributed by atoms with E-state index >= 15 is 0 Å². The highest BCUT2D eigenvalue weighted by Gasteiger charge is 2.13. The highest BCUT2D eigenvalue weighted by molar-refractivity contribution is 14.1. The molecule has 0 saturated heterocycles. The first-order chi connectivity index (χ1) is 14.5. The average Bonchev–Trinajstić information content (AvgIpc) is 2.76. The molecule has 0 bridgehead atoms. The molecule has 0 aliphatic rings. The van der Waals surface area contributed by atoms with Gasteiger partial charge in [-0.15, -0.1) is 0 Å². The molecule has 4 aromatic rings. The van der Waals surface area contributed by atoms with Crippen molar-refractivity contribution in [1.82, 2.24) is 0 Å². The average molecular weight is 618 g/mol. The molecule has 0 saturated carbocycles. The van der Waals surface area contributed by atoms with Gasteiger partial charge in [0.2, 0.25) is 0 Å². The number of carbonyl (C=O) groups excluding carboxylic acids is 2. The van der Waals surface area contributed by atoms with Crippen LogP contribution in [0.5, 0.6) is 0 Å². The van der Waals surface area contributed by atoms with Crippen molar-refractivity contribution in [2.24, 2.45) is 0 Å². The van der Waals surface area contributed by atoms with Crippen molar-refractivity contribution in [1.29, 1.82) is 0 Å². The maximum atomic E-state index is 12.8. The van der Waals surface area contributed by atoms with Gasteiger partial charge in [0, 0.05) is 29.5 Å². The zero-order valence-corrected chi connectivity index (χ0v) is 20.0. The highest BCUT2D eigenvalue weighted by atomic mass is 127. The number of halogens is 2. The molecule has 0 unspecified atom stereocenters. The molecule has 2 N–H and O–H groups in total. The number of carbonyl (C=O) groups is 2. The van der Waals surface area contributed by atoms with Crippen LogP contribution in [-0.2, 0) is 0 Å². The lowest BCUT2D eigenvalue weighted by atomic mass is 10.1. The highest BCUT2D eigenvalue weighted by Crippen LogP contribution is 2.24. The van der Waals surface area contributed by atoms with Crippen molar-refractivity contribution in [3.8, 4) is 0 Å². The van der Waals surface area contributed by atoms with E-state index in [9.17, 15) is 9.59 Å². The predicted octanol–water partition coefficient (Wildman–Crippen LogP) is 6.55. The SMILES string of the molecule is O=C(Nc1cccc2ccccc12)c1cccc(NC(=O)c2cc(I)ccc2I)c1. The second-order valence-electron chi connectivity index (χ2n) is 6.64. The Morgan fingerprint density at radius 1 is 0.700 bits per heavy atom. The van der Waals surface area contributed by atoms with E-state index in [0.717, 1.165) is 23.6 Å². The van der Waals surface area contributed by atoms with Crippen molar-refractivity contribution < 1.29 is 9.59 Å². The molecule has 0 aliphatic heterocycles. The third kappa shape index (κ3) is 4.65. The fourth-order valence-corrected chi connectivity index (χ4v) is 4.21. The first-order valence-electron chi connectivity index (χ1n) is 9.17. The normalized spacial score (nSPS) is 10.6. The van der Waals surface area contributed by atoms with Gasteiger partial charge in [-0.1, -0.05) is 42.5 Å². The lowest BCUT2D eigenvalue weighted by Gasteiger charge is -2.11. The molecule has 30 heavy (non-hydrogen) atoms. The fraction of sp³-hybridized carbons (Fsp3) is 0. The Kier molecular flexibility index (Phi) is 6.33. The molecule has 0 fully saturated rings. The van der Waals surface area contributed by atoms with Gasteiger partial charge in [-0.2, -0.15) is 0 Å². The van der Waals surface area contributed by atoms with Crippen LogP contribution < -0.4 is 10.6 Å². The number of fused-ring (bicyclic) bond motifs is 1. The van der Waals surface area contributed by atoms with E-state index in [1.165, 1.54) is 0 Å². The molecule has 0 spiro atoms. The second kappa shape index (κ2) is 9.13. The minimum absolute atomic E-state index is 0.204. The minimum Gasteiger partial charge on any atom is -0.322 e. The summed E-state index contributed by atoms with van der Waals surface area (Å²) < 4.78 is 1.86. The van der Waals surface area contributed by atoms with E-state index in [-0.39, 0.29) is 11.8 Å². The Morgan fingerprint density at radius 2 is 1.47 bits per heavy atom. The van der Waals surface area contributed by atoms with Gasteiger partial charge in [-0.25, -0.2) is 0 Å². The zero-order chi connectivity index (χ0) is 21.1. The first kappa shape index (κ1) is 20.8. The molecular weight excluding hydrogens is 602 g/mol. The second-order valence-corrected chi connectivity index (χ2v) is 9.05. The lowest BCUT2D eigenvalue weighted by Crippen LogP contribution is -2.15. The summed E-state index contributed by atoms with van der Waals surface area (Å²) in [5.74, 6) is -0.434. The minimum atomic E-state index is -0.230. The molecule has 0 radical (unpaired) electrons. The summed E-state index contributed by atoms with van der Waals surface area (Å²) in [6.45, 7) is 0. The third-order valence-electron chi connectivity index (χ3n) is 4.59. The molecule has 0 atom stereocenters. The van der Waals surface area contributed by atoms with Crippen molar-refractivity contribution in [3.63, 3.8) is 0 Å². The molecule has 6 heteroatoms. The van der Waals surface area contributed by atoms with Gasteiger partial charge in [-0.3, -0.25) is 9.59 Å². The summed E-state index contributed by atoms with van der Waals surface area (Å²) in [4.78, 5) is 25.5. The van der Waals surface area contributed by atoms with Crippen LogP contribution in [-0.4, -0.2) is 11.8 Å². The monoisotopic (exact) mass is 618 g/mol. The number of benzene rings is 4. The standard InChI is InChI=1S/C24H16I2N2O2/c25-17-11-12-21(26)20(14-17)24(30)27-18-8-3-7-16(13-18)23(29)28-22-10-4-6-15-5-1-2-9-19(15)22/h1-14H,(H,27,30)(H,28,29). The van der Waals surface area contributed by atoms with Crippen molar-refractivity contribution in [3.05, 3.63) is 103 Å². The van der Waals surface area contributed by atoms with Gasteiger partial charge in [0.25, 0.3) is 11.8 Å². The van der Waals surface area contributed by atoms with Gasteiger partial charge >= 0.3 is 0 Å². The molecule has 4 rings (SSSR count). The molecular formula is C24H16I2N2O2. The van der Waals surface area contributed by atoms with Gasteiger partial charge in [0.05, 0.1) is 5.56 Å². The quantitative estimate of drug-likeness (QED) is 0.255. The van der Waals surface area contributed by atoms with Crippen LogP contribution in [0.15, 0.2) is 84.9 Å². The Bertz CT molecular complexity index is 1270. The third-order valence-corrected chi connectivity index (χ3v) is 6.21. The van der Waals surface area contributed by atoms with E-state index in [2.05, 4.69) is 55.8 Å². The van der Waals surface area contributed by atoms with Gasteiger partial charge in [0.15, 0.2) is 0 Å². The van der Waals surface area contributed by atoms with Crippen LogP contribution in [0, 0.1) is 7.14 Å². The van der Waals surface area contributed by atoms with Gasteiger partial charge in [-0.05, 0) is 93.0 Å². The molecule has 2 amide bonds. The van der Waals surface area contributed by atoms with E-state index in [1.807, 2.05) is 60.7 Å². The number of nitrogens with one attached hydrogen (secondary N) is 2. The Balaban J connectivity index is 1.55. The van der Waals surface area contributed by atoms with Crippen LogP contribution in [0.3, 0.4) is 0 Å². The molecule has 4 aromatic carbocycles. The number of amides is 2. The zero-order valence-electron chi connectivity index (χ0n) is 15.7. The molecule has 0 aliphatic carbocycles. The summed E-state index contributed by atoms with van der Waals surface area (Å²) in [5.41, 5.74) is 2.40. The maximum Gasteiger partial charge on any atom is 0.256 e. The number of rotatable bonds is 4. The van der Waals surface area contributed by atoms with Crippen LogP contribution in [0.4, 0.5) is 11.4 Å². The Labute approximate surface area is 201 Å². The number of anilines is 2. The maximum absolute atomic E-state index is 12.8. The van der Waals surface area contributed by atoms with Crippen molar-refractivity contribution >= 4 is 79.1 Å². The van der Waals surface area contributed by atoms with Crippen LogP contribution in [0.2, 0.25) is 0 Å². The summed E-state index contributed by atoms with van der Waals surface area (Å²) in [7, 11) is 0. The lowest BCUT2D eigenvalue weighted by molar-refractivity contribution is 0.101. The van der Waals surface area contributed by atoms with Crippen molar-refractivity contribution in [2.75, 3.05) is 10.6 Å². The van der Waals surface area contributed by atoms with Crippen LogP contribution in [0.1, 0.15) is 20.7 Å². The Morgan fingerprint density at radius 3 is 2.33 bits per heavy atom. The molecule has 148 valence electrons. The topological polar surface area (TPSA) is 58.2 Å². The van der Waals surface area contributed by atoms with Crippen molar-refractivity contribution in [2.45, 2.75) is 0 Å².